The normalized spacial score (nSPS) is 11.3. The Bertz CT molecular complexity index is 986. The molecule has 0 atom stereocenters. The van der Waals surface area contributed by atoms with Gasteiger partial charge in [0, 0.05) is 24.1 Å². The molecule has 0 aliphatic heterocycles. The topological polar surface area (TPSA) is 99.0 Å². The summed E-state index contributed by atoms with van der Waals surface area (Å²) in [6.45, 7) is 3.73. The Hall–Kier alpha value is -2.94. The second kappa shape index (κ2) is 8.17. The molecule has 0 fully saturated rings. The predicted molar refractivity (Wildman–Crippen MR) is 103 cm³/mol. The minimum atomic E-state index is -3.32. The molecule has 2 heterocycles. The number of ether oxygens (including phenoxy) is 1. The summed E-state index contributed by atoms with van der Waals surface area (Å²) in [4.78, 5) is 12.6. The van der Waals surface area contributed by atoms with E-state index in [4.69, 9.17) is 4.74 Å². The van der Waals surface area contributed by atoms with Gasteiger partial charge in [-0.15, -0.1) is 0 Å². The molecule has 8 nitrogen and oxygen atoms in total. The van der Waals surface area contributed by atoms with Gasteiger partial charge in [0.25, 0.3) is 0 Å². The van der Waals surface area contributed by atoms with E-state index in [-0.39, 0.29) is 5.75 Å². The van der Waals surface area contributed by atoms with Crippen LogP contribution in [0.4, 0.5) is 5.69 Å². The van der Waals surface area contributed by atoms with Crippen LogP contribution in [-0.2, 0) is 10.0 Å². The fourth-order valence-electron chi connectivity index (χ4n) is 2.38. The van der Waals surface area contributed by atoms with E-state index in [9.17, 15) is 8.42 Å². The number of rotatable bonds is 8. The third-order valence-electron chi connectivity index (χ3n) is 3.69. The smallest absolute Gasteiger partial charge is 0.232 e. The Morgan fingerprint density at radius 2 is 1.96 bits per heavy atom. The van der Waals surface area contributed by atoms with Gasteiger partial charge in [0.05, 0.1) is 5.75 Å². The van der Waals surface area contributed by atoms with E-state index in [0.717, 1.165) is 6.42 Å². The molecular formula is C18H21N5O3S. The lowest BCUT2D eigenvalue weighted by molar-refractivity contribution is 0.459. The number of unbranched alkanes of at least 4 members (excludes halogenated alkanes) is 1. The zero-order valence-electron chi connectivity index (χ0n) is 15.2. The fraction of sp³-hybridized carbons (Fsp3) is 0.278. The maximum atomic E-state index is 12.0. The van der Waals surface area contributed by atoms with Crippen molar-refractivity contribution in [3.05, 3.63) is 54.9 Å². The van der Waals surface area contributed by atoms with Crippen molar-refractivity contribution in [3.63, 3.8) is 0 Å². The van der Waals surface area contributed by atoms with Crippen LogP contribution < -0.4 is 9.46 Å². The Morgan fingerprint density at radius 3 is 2.63 bits per heavy atom. The van der Waals surface area contributed by atoms with Crippen LogP contribution in [0, 0.1) is 6.92 Å². The first-order valence-corrected chi connectivity index (χ1v) is 10.2. The molecule has 27 heavy (non-hydrogen) atoms. The van der Waals surface area contributed by atoms with Gasteiger partial charge in [0.1, 0.15) is 23.7 Å². The van der Waals surface area contributed by atoms with Gasteiger partial charge < -0.3 is 4.74 Å². The third kappa shape index (κ3) is 5.27. The SMILES string of the molecule is CCCCS(=O)(=O)Nc1ccc(Oc2cc(-n3ccnc3)nc(C)n2)cc1. The van der Waals surface area contributed by atoms with Crippen molar-refractivity contribution in [2.45, 2.75) is 26.7 Å². The van der Waals surface area contributed by atoms with E-state index < -0.39 is 10.0 Å². The highest BCUT2D eigenvalue weighted by atomic mass is 32.2. The van der Waals surface area contributed by atoms with Gasteiger partial charge in [-0.1, -0.05) is 13.3 Å². The molecule has 0 saturated carbocycles. The van der Waals surface area contributed by atoms with Crippen LogP contribution in [0.5, 0.6) is 11.6 Å². The minimum Gasteiger partial charge on any atom is -0.439 e. The lowest BCUT2D eigenvalue weighted by atomic mass is 10.3. The van der Waals surface area contributed by atoms with Crippen molar-refractivity contribution in [3.8, 4) is 17.4 Å². The van der Waals surface area contributed by atoms with Crippen LogP contribution in [0.25, 0.3) is 5.82 Å². The van der Waals surface area contributed by atoms with E-state index in [1.165, 1.54) is 0 Å². The zero-order valence-corrected chi connectivity index (χ0v) is 16.0. The maximum absolute atomic E-state index is 12.0. The highest BCUT2D eigenvalue weighted by molar-refractivity contribution is 7.92. The summed E-state index contributed by atoms with van der Waals surface area (Å²) in [6.07, 6.45) is 6.55. The number of hydrogen-bond acceptors (Lipinski definition) is 6. The molecule has 0 aliphatic rings. The van der Waals surface area contributed by atoms with Crippen molar-refractivity contribution < 1.29 is 13.2 Å². The van der Waals surface area contributed by atoms with Gasteiger partial charge in [-0.2, -0.15) is 4.98 Å². The Balaban J connectivity index is 1.72. The monoisotopic (exact) mass is 387 g/mol. The van der Waals surface area contributed by atoms with Crippen LogP contribution >= 0.6 is 0 Å². The number of nitrogens with one attached hydrogen (secondary N) is 1. The molecule has 9 heteroatoms. The van der Waals surface area contributed by atoms with Gasteiger partial charge in [-0.05, 0) is 37.6 Å². The summed E-state index contributed by atoms with van der Waals surface area (Å²) in [7, 11) is -3.32. The van der Waals surface area contributed by atoms with Gasteiger partial charge in [-0.25, -0.2) is 18.4 Å². The molecule has 142 valence electrons. The first-order valence-electron chi connectivity index (χ1n) is 8.57. The lowest BCUT2D eigenvalue weighted by Crippen LogP contribution is -2.16. The number of aromatic nitrogens is 4. The zero-order chi connectivity index (χ0) is 19.3. The molecule has 1 N–H and O–H groups in total. The second-order valence-corrected chi connectivity index (χ2v) is 7.82. The van der Waals surface area contributed by atoms with Crippen LogP contribution in [0.2, 0.25) is 0 Å². The van der Waals surface area contributed by atoms with Gasteiger partial charge in [-0.3, -0.25) is 9.29 Å². The van der Waals surface area contributed by atoms with Crippen LogP contribution in [0.3, 0.4) is 0 Å². The average molecular weight is 387 g/mol. The fourth-order valence-corrected chi connectivity index (χ4v) is 3.65. The number of sulfonamides is 1. The predicted octanol–water partition coefficient (Wildman–Crippen LogP) is 3.30. The molecule has 3 rings (SSSR count). The molecule has 0 spiro atoms. The average Bonchev–Trinajstić information content (AvgIpc) is 3.16. The summed E-state index contributed by atoms with van der Waals surface area (Å²) >= 11 is 0. The molecule has 0 bridgehead atoms. The maximum Gasteiger partial charge on any atom is 0.232 e. The van der Waals surface area contributed by atoms with Crippen LogP contribution in [0.1, 0.15) is 25.6 Å². The summed E-state index contributed by atoms with van der Waals surface area (Å²) in [5, 5.41) is 0. The van der Waals surface area contributed by atoms with E-state index >= 15 is 0 Å². The first-order chi connectivity index (χ1) is 12.9. The van der Waals surface area contributed by atoms with Gasteiger partial charge in [0.2, 0.25) is 15.9 Å². The molecule has 1 aromatic carbocycles. The summed E-state index contributed by atoms with van der Waals surface area (Å²) in [6, 6.07) is 8.39. The number of hydrogen-bond donors (Lipinski definition) is 1. The molecule has 0 unspecified atom stereocenters. The van der Waals surface area contributed by atoms with E-state index in [1.807, 2.05) is 6.92 Å². The molecule has 3 aromatic rings. The second-order valence-electron chi connectivity index (χ2n) is 5.98. The largest absolute Gasteiger partial charge is 0.439 e. The minimum absolute atomic E-state index is 0.110. The van der Waals surface area contributed by atoms with Crippen LogP contribution in [-0.4, -0.2) is 33.7 Å². The van der Waals surface area contributed by atoms with Crippen molar-refractivity contribution in [1.29, 1.82) is 0 Å². The molecule has 0 amide bonds. The van der Waals surface area contributed by atoms with E-state index in [2.05, 4.69) is 19.7 Å². The lowest BCUT2D eigenvalue weighted by Gasteiger charge is -2.10. The van der Waals surface area contributed by atoms with Crippen molar-refractivity contribution in [2.75, 3.05) is 10.5 Å². The third-order valence-corrected chi connectivity index (χ3v) is 5.06. The molecular weight excluding hydrogens is 366 g/mol. The van der Waals surface area contributed by atoms with Crippen LogP contribution in [0.15, 0.2) is 49.1 Å². The van der Waals surface area contributed by atoms with Crippen molar-refractivity contribution in [1.82, 2.24) is 19.5 Å². The molecule has 0 radical (unpaired) electrons. The summed E-state index contributed by atoms with van der Waals surface area (Å²) < 4.78 is 34.0. The molecule has 2 aromatic heterocycles. The van der Waals surface area contributed by atoms with Crippen molar-refractivity contribution >= 4 is 15.7 Å². The quantitative estimate of drug-likeness (QED) is 0.637. The number of aryl methyl sites for hydroxylation is 1. The Morgan fingerprint density at radius 1 is 1.19 bits per heavy atom. The number of nitrogens with zero attached hydrogens (tertiary/aromatic N) is 4. The van der Waals surface area contributed by atoms with Crippen molar-refractivity contribution in [2.24, 2.45) is 0 Å². The number of imidazole rings is 1. The Kier molecular flexibility index (Phi) is 5.70. The Labute approximate surface area is 158 Å². The first kappa shape index (κ1) is 18.8. The number of benzene rings is 1. The number of anilines is 1. The molecule has 0 saturated heterocycles. The molecule has 0 aliphatic carbocycles. The standard InChI is InChI=1S/C18H21N5O3S/c1-3-4-11-27(24,25)22-15-5-7-16(8-6-15)26-18-12-17(20-14(2)21-18)23-10-9-19-13-23/h5-10,12-13,22H,3-4,11H2,1-2H3. The summed E-state index contributed by atoms with van der Waals surface area (Å²) in [5.41, 5.74) is 0.497. The summed E-state index contributed by atoms with van der Waals surface area (Å²) in [5.74, 6) is 2.26. The highest BCUT2D eigenvalue weighted by Crippen LogP contribution is 2.23. The van der Waals surface area contributed by atoms with Gasteiger partial charge in [0.15, 0.2) is 0 Å². The highest BCUT2D eigenvalue weighted by Gasteiger charge is 2.10. The van der Waals surface area contributed by atoms with E-state index in [1.54, 1.807) is 60.5 Å². The van der Waals surface area contributed by atoms with Gasteiger partial charge >= 0.3 is 0 Å². The van der Waals surface area contributed by atoms with E-state index in [0.29, 0.717) is 35.4 Å².